The second-order valence-electron chi connectivity index (χ2n) is 4.31. The minimum Gasteiger partial charge on any atom is -0.339 e. The van der Waals surface area contributed by atoms with Crippen molar-refractivity contribution in [3.05, 3.63) is 64.0 Å². The molecule has 2 aromatic carbocycles. The molecule has 6 heteroatoms. The van der Waals surface area contributed by atoms with Gasteiger partial charge >= 0.3 is 0 Å². The van der Waals surface area contributed by atoms with Crippen LogP contribution in [0.4, 0.5) is 21.5 Å². The zero-order valence-electron chi connectivity index (χ0n) is 11.3. The fraction of sp³-hybridized carbons (Fsp3) is 0.133. The SMILES string of the molecule is CCN(c1ccccc1F)c1ccc([N+](=O)[O-])cc1C=O. The third-order valence-electron chi connectivity index (χ3n) is 3.10. The molecule has 2 aromatic rings. The topological polar surface area (TPSA) is 63.4 Å². The van der Waals surface area contributed by atoms with Crippen molar-refractivity contribution in [1.29, 1.82) is 0 Å². The van der Waals surface area contributed by atoms with Gasteiger partial charge in [0, 0.05) is 24.2 Å². The molecule has 0 heterocycles. The normalized spacial score (nSPS) is 10.2. The molecule has 21 heavy (non-hydrogen) atoms. The van der Waals surface area contributed by atoms with Gasteiger partial charge < -0.3 is 4.90 Å². The summed E-state index contributed by atoms with van der Waals surface area (Å²) < 4.78 is 13.9. The number of hydrogen-bond donors (Lipinski definition) is 0. The van der Waals surface area contributed by atoms with Crippen LogP contribution in [0, 0.1) is 15.9 Å². The van der Waals surface area contributed by atoms with E-state index in [9.17, 15) is 19.3 Å². The first-order chi connectivity index (χ1) is 10.1. The van der Waals surface area contributed by atoms with E-state index in [1.807, 2.05) is 6.92 Å². The van der Waals surface area contributed by atoms with Crippen LogP contribution in [-0.4, -0.2) is 17.8 Å². The Morgan fingerprint density at radius 2 is 1.95 bits per heavy atom. The van der Waals surface area contributed by atoms with Crippen molar-refractivity contribution in [1.82, 2.24) is 0 Å². The molecule has 0 aromatic heterocycles. The molecule has 108 valence electrons. The third-order valence-corrected chi connectivity index (χ3v) is 3.10. The number of non-ortho nitro benzene ring substituents is 1. The average Bonchev–Trinajstić information content (AvgIpc) is 2.49. The summed E-state index contributed by atoms with van der Waals surface area (Å²) in [5, 5.41) is 10.8. The van der Waals surface area contributed by atoms with Crippen molar-refractivity contribution >= 4 is 23.3 Å². The zero-order valence-corrected chi connectivity index (χ0v) is 11.3. The maximum atomic E-state index is 13.9. The Balaban J connectivity index is 2.55. The van der Waals surface area contributed by atoms with Crippen LogP contribution in [0.15, 0.2) is 42.5 Å². The summed E-state index contributed by atoms with van der Waals surface area (Å²) in [6.07, 6.45) is 0.534. The van der Waals surface area contributed by atoms with Crippen molar-refractivity contribution in [3.8, 4) is 0 Å². The molecule has 0 radical (unpaired) electrons. The van der Waals surface area contributed by atoms with Crippen molar-refractivity contribution in [2.45, 2.75) is 6.92 Å². The number of nitrogens with zero attached hydrogens (tertiary/aromatic N) is 2. The van der Waals surface area contributed by atoms with Gasteiger partial charge in [0.2, 0.25) is 0 Å². The van der Waals surface area contributed by atoms with Crippen LogP contribution in [0.1, 0.15) is 17.3 Å². The Morgan fingerprint density at radius 3 is 2.52 bits per heavy atom. The molecular weight excluding hydrogens is 275 g/mol. The van der Waals surface area contributed by atoms with Gasteiger partial charge in [-0.05, 0) is 25.1 Å². The quantitative estimate of drug-likeness (QED) is 0.478. The van der Waals surface area contributed by atoms with E-state index in [0.717, 1.165) is 0 Å². The number of halogens is 1. The fourth-order valence-electron chi connectivity index (χ4n) is 2.14. The molecule has 0 bridgehead atoms. The lowest BCUT2D eigenvalue weighted by Crippen LogP contribution is -2.19. The van der Waals surface area contributed by atoms with E-state index in [1.165, 1.54) is 24.3 Å². The second-order valence-corrected chi connectivity index (χ2v) is 4.31. The van der Waals surface area contributed by atoms with Gasteiger partial charge in [0.25, 0.3) is 5.69 Å². The van der Waals surface area contributed by atoms with Gasteiger partial charge in [-0.1, -0.05) is 12.1 Å². The summed E-state index contributed by atoms with van der Waals surface area (Å²) >= 11 is 0. The number of carbonyl (C=O) groups excluding carboxylic acids is 1. The first-order valence-corrected chi connectivity index (χ1v) is 6.34. The molecule has 0 unspecified atom stereocenters. The molecule has 0 aliphatic carbocycles. The number of rotatable bonds is 5. The maximum absolute atomic E-state index is 13.9. The molecule has 0 aliphatic rings. The van der Waals surface area contributed by atoms with Crippen LogP contribution in [0.2, 0.25) is 0 Å². The van der Waals surface area contributed by atoms with Crippen LogP contribution >= 0.6 is 0 Å². The van der Waals surface area contributed by atoms with E-state index in [1.54, 1.807) is 23.1 Å². The number of carbonyl (C=O) groups is 1. The summed E-state index contributed by atoms with van der Waals surface area (Å²) in [5.74, 6) is -0.422. The molecule has 0 atom stereocenters. The van der Waals surface area contributed by atoms with Crippen molar-refractivity contribution in [2.24, 2.45) is 0 Å². The van der Waals surface area contributed by atoms with Gasteiger partial charge in [0.15, 0.2) is 6.29 Å². The number of anilines is 2. The fourth-order valence-corrected chi connectivity index (χ4v) is 2.14. The number of benzene rings is 2. The standard InChI is InChI=1S/C15H13FN2O3/c1-2-17(15-6-4-3-5-13(15)16)14-8-7-12(18(20)21)9-11(14)10-19/h3-10H,2H2,1H3. The maximum Gasteiger partial charge on any atom is 0.270 e. The number of nitro groups is 1. The van der Waals surface area contributed by atoms with E-state index in [-0.39, 0.29) is 11.3 Å². The zero-order chi connectivity index (χ0) is 15.4. The van der Waals surface area contributed by atoms with Gasteiger partial charge in [-0.25, -0.2) is 4.39 Å². The Kier molecular flexibility index (Phi) is 4.27. The lowest BCUT2D eigenvalue weighted by atomic mass is 10.1. The molecule has 0 saturated heterocycles. The highest BCUT2D eigenvalue weighted by atomic mass is 19.1. The highest BCUT2D eigenvalue weighted by molar-refractivity contribution is 5.88. The predicted molar refractivity (Wildman–Crippen MR) is 77.6 cm³/mol. The molecule has 0 N–H and O–H groups in total. The Bertz CT molecular complexity index is 688. The Labute approximate surface area is 120 Å². The van der Waals surface area contributed by atoms with Crippen LogP contribution in [0.25, 0.3) is 0 Å². The van der Waals surface area contributed by atoms with Crippen LogP contribution < -0.4 is 4.90 Å². The number of hydrogen-bond acceptors (Lipinski definition) is 4. The van der Waals surface area contributed by atoms with E-state index in [2.05, 4.69) is 0 Å². The minimum atomic E-state index is -0.573. The number of nitro benzene ring substituents is 1. The van der Waals surface area contributed by atoms with E-state index >= 15 is 0 Å². The summed E-state index contributed by atoms with van der Waals surface area (Å²) in [6.45, 7) is 2.22. The average molecular weight is 288 g/mol. The molecule has 0 saturated carbocycles. The highest BCUT2D eigenvalue weighted by Crippen LogP contribution is 2.31. The summed E-state index contributed by atoms with van der Waals surface area (Å²) in [4.78, 5) is 23.0. The van der Waals surface area contributed by atoms with Gasteiger partial charge in [0.1, 0.15) is 5.82 Å². The lowest BCUT2D eigenvalue weighted by Gasteiger charge is -2.24. The number of para-hydroxylation sites is 1. The lowest BCUT2D eigenvalue weighted by molar-refractivity contribution is -0.384. The second kappa shape index (κ2) is 6.13. The number of aldehydes is 1. The van der Waals surface area contributed by atoms with Gasteiger partial charge in [-0.3, -0.25) is 14.9 Å². The van der Waals surface area contributed by atoms with E-state index < -0.39 is 10.7 Å². The van der Waals surface area contributed by atoms with Crippen LogP contribution in [-0.2, 0) is 0 Å². The monoisotopic (exact) mass is 288 g/mol. The third kappa shape index (κ3) is 2.89. The van der Waals surface area contributed by atoms with Gasteiger partial charge in [0.05, 0.1) is 16.3 Å². The first kappa shape index (κ1) is 14.6. The molecule has 0 spiro atoms. The van der Waals surface area contributed by atoms with Gasteiger partial charge in [-0.15, -0.1) is 0 Å². The molecule has 0 amide bonds. The van der Waals surface area contributed by atoms with Crippen molar-refractivity contribution in [3.63, 3.8) is 0 Å². The van der Waals surface area contributed by atoms with Crippen molar-refractivity contribution in [2.75, 3.05) is 11.4 Å². The van der Waals surface area contributed by atoms with Gasteiger partial charge in [-0.2, -0.15) is 0 Å². The summed E-state index contributed by atoms with van der Waals surface area (Å²) in [6, 6.07) is 10.1. The molecule has 0 fully saturated rings. The Hall–Kier alpha value is -2.76. The molecule has 5 nitrogen and oxygen atoms in total. The summed E-state index contributed by atoms with van der Waals surface area (Å²) in [7, 11) is 0. The van der Waals surface area contributed by atoms with E-state index in [0.29, 0.717) is 24.2 Å². The largest absolute Gasteiger partial charge is 0.339 e. The van der Waals surface area contributed by atoms with Crippen LogP contribution in [0.5, 0.6) is 0 Å². The Morgan fingerprint density at radius 1 is 1.24 bits per heavy atom. The highest BCUT2D eigenvalue weighted by Gasteiger charge is 2.17. The van der Waals surface area contributed by atoms with Crippen molar-refractivity contribution < 1.29 is 14.1 Å². The molecule has 0 aliphatic heterocycles. The summed E-state index contributed by atoms with van der Waals surface area (Å²) in [5.41, 5.74) is 0.722. The smallest absolute Gasteiger partial charge is 0.270 e. The van der Waals surface area contributed by atoms with E-state index in [4.69, 9.17) is 0 Å². The minimum absolute atomic E-state index is 0.148. The molecule has 2 rings (SSSR count). The predicted octanol–water partition coefficient (Wildman–Crippen LogP) is 3.70. The first-order valence-electron chi connectivity index (χ1n) is 6.34. The van der Waals surface area contributed by atoms with Crippen LogP contribution in [0.3, 0.4) is 0 Å². The molecular formula is C15H13FN2O3.